The van der Waals surface area contributed by atoms with Crippen molar-refractivity contribution in [3.63, 3.8) is 0 Å². The molecule has 94 valence electrons. The van der Waals surface area contributed by atoms with Crippen LogP contribution < -0.4 is 0 Å². The van der Waals surface area contributed by atoms with Gasteiger partial charge in [0.1, 0.15) is 11.6 Å². The Morgan fingerprint density at radius 2 is 2.18 bits per heavy atom. The Morgan fingerprint density at radius 3 is 2.76 bits per heavy atom. The molecule has 0 saturated heterocycles. The SMILES string of the molecule is CC1CCCC1(O)Cc1c(F)ccc(Br)c1F. The van der Waals surface area contributed by atoms with Gasteiger partial charge in [0.2, 0.25) is 0 Å². The second-order valence-electron chi connectivity index (χ2n) is 4.90. The summed E-state index contributed by atoms with van der Waals surface area (Å²) in [7, 11) is 0. The molecule has 2 rings (SSSR count). The molecule has 1 saturated carbocycles. The average Bonchev–Trinajstić information content (AvgIpc) is 2.60. The molecule has 0 aromatic heterocycles. The predicted molar refractivity (Wildman–Crippen MR) is 65.7 cm³/mol. The van der Waals surface area contributed by atoms with Crippen molar-refractivity contribution in [1.82, 2.24) is 0 Å². The highest BCUT2D eigenvalue weighted by atomic mass is 79.9. The van der Waals surface area contributed by atoms with E-state index >= 15 is 0 Å². The molecule has 0 amide bonds. The zero-order valence-corrected chi connectivity index (χ0v) is 11.2. The van der Waals surface area contributed by atoms with Gasteiger partial charge >= 0.3 is 0 Å². The first-order valence-electron chi connectivity index (χ1n) is 5.79. The topological polar surface area (TPSA) is 20.2 Å². The molecule has 17 heavy (non-hydrogen) atoms. The first-order valence-corrected chi connectivity index (χ1v) is 6.58. The summed E-state index contributed by atoms with van der Waals surface area (Å²) < 4.78 is 27.7. The van der Waals surface area contributed by atoms with E-state index in [0.29, 0.717) is 6.42 Å². The fourth-order valence-corrected chi connectivity index (χ4v) is 2.90. The quantitative estimate of drug-likeness (QED) is 0.824. The summed E-state index contributed by atoms with van der Waals surface area (Å²) in [5.41, 5.74) is -0.988. The van der Waals surface area contributed by atoms with Crippen LogP contribution in [0.4, 0.5) is 8.78 Å². The first-order chi connectivity index (χ1) is 7.94. The molecule has 1 fully saturated rings. The van der Waals surface area contributed by atoms with Crippen LogP contribution in [0.1, 0.15) is 31.7 Å². The lowest BCUT2D eigenvalue weighted by molar-refractivity contribution is 0.00805. The monoisotopic (exact) mass is 304 g/mol. The number of benzene rings is 1. The van der Waals surface area contributed by atoms with E-state index in [4.69, 9.17) is 0 Å². The zero-order chi connectivity index (χ0) is 12.6. The third kappa shape index (κ3) is 2.38. The molecule has 2 unspecified atom stereocenters. The number of halogens is 3. The molecule has 1 aromatic carbocycles. The normalized spacial score (nSPS) is 28.6. The highest BCUT2D eigenvalue weighted by molar-refractivity contribution is 9.10. The maximum Gasteiger partial charge on any atom is 0.143 e. The number of aliphatic hydroxyl groups is 1. The number of hydrogen-bond donors (Lipinski definition) is 1. The molecular formula is C13H15BrF2O. The van der Waals surface area contributed by atoms with Gasteiger partial charge in [-0.15, -0.1) is 0 Å². The maximum absolute atomic E-state index is 13.8. The first kappa shape index (κ1) is 13.0. The largest absolute Gasteiger partial charge is 0.389 e. The van der Waals surface area contributed by atoms with Crippen LogP contribution in [0.15, 0.2) is 16.6 Å². The van der Waals surface area contributed by atoms with Crippen molar-refractivity contribution in [3.05, 3.63) is 33.8 Å². The van der Waals surface area contributed by atoms with E-state index in [0.717, 1.165) is 12.8 Å². The fourth-order valence-electron chi connectivity index (χ4n) is 2.53. The lowest BCUT2D eigenvalue weighted by atomic mass is 9.85. The molecule has 1 aliphatic rings. The Kier molecular flexibility index (Phi) is 3.55. The average molecular weight is 305 g/mol. The second-order valence-corrected chi connectivity index (χ2v) is 5.75. The van der Waals surface area contributed by atoms with Gasteiger partial charge in [-0.1, -0.05) is 13.3 Å². The van der Waals surface area contributed by atoms with Crippen molar-refractivity contribution in [2.24, 2.45) is 5.92 Å². The van der Waals surface area contributed by atoms with E-state index in [9.17, 15) is 13.9 Å². The summed E-state index contributed by atoms with van der Waals surface area (Å²) >= 11 is 3.04. The molecule has 0 spiro atoms. The van der Waals surface area contributed by atoms with Crippen molar-refractivity contribution in [1.29, 1.82) is 0 Å². The van der Waals surface area contributed by atoms with E-state index in [1.165, 1.54) is 12.1 Å². The Bertz CT molecular complexity index is 436. The summed E-state index contributed by atoms with van der Waals surface area (Å²) in [4.78, 5) is 0. The number of rotatable bonds is 2. The van der Waals surface area contributed by atoms with Crippen LogP contribution in [-0.4, -0.2) is 10.7 Å². The number of hydrogen-bond acceptors (Lipinski definition) is 1. The zero-order valence-electron chi connectivity index (χ0n) is 9.64. The molecule has 1 N–H and O–H groups in total. The standard InChI is InChI=1S/C13H15BrF2O/c1-8-3-2-6-13(8,17)7-9-11(15)5-4-10(14)12(9)16/h4-5,8,17H,2-3,6-7H2,1H3. The Labute approximate surface area is 108 Å². The van der Waals surface area contributed by atoms with Crippen LogP contribution in [0, 0.1) is 17.6 Å². The molecule has 1 nitrogen and oxygen atoms in total. The van der Waals surface area contributed by atoms with Crippen LogP contribution in [-0.2, 0) is 6.42 Å². The minimum Gasteiger partial charge on any atom is -0.389 e. The van der Waals surface area contributed by atoms with Gasteiger partial charge in [0, 0.05) is 12.0 Å². The van der Waals surface area contributed by atoms with Crippen LogP contribution in [0.3, 0.4) is 0 Å². The Hall–Kier alpha value is -0.480. The molecule has 0 aliphatic heterocycles. The van der Waals surface area contributed by atoms with E-state index in [2.05, 4.69) is 15.9 Å². The molecular weight excluding hydrogens is 290 g/mol. The van der Waals surface area contributed by atoms with Crippen molar-refractivity contribution in [2.45, 2.75) is 38.2 Å². The highest BCUT2D eigenvalue weighted by Gasteiger charge is 2.39. The van der Waals surface area contributed by atoms with E-state index in [-0.39, 0.29) is 22.4 Å². The third-order valence-electron chi connectivity index (χ3n) is 3.79. The fraction of sp³-hybridized carbons (Fsp3) is 0.538. The van der Waals surface area contributed by atoms with Gasteiger partial charge in [-0.2, -0.15) is 0 Å². The smallest absolute Gasteiger partial charge is 0.143 e. The molecule has 0 heterocycles. The van der Waals surface area contributed by atoms with Crippen LogP contribution >= 0.6 is 15.9 Å². The van der Waals surface area contributed by atoms with Crippen molar-refractivity contribution >= 4 is 15.9 Å². The van der Waals surface area contributed by atoms with E-state index in [1.54, 1.807) is 0 Å². The van der Waals surface area contributed by atoms with Crippen LogP contribution in [0.2, 0.25) is 0 Å². The predicted octanol–water partition coefficient (Wildman–Crippen LogP) is 3.82. The van der Waals surface area contributed by atoms with Gasteiger partial charge in [-0.3, -0.25) is 0 Å². The van der Waals surface area contributed by atoms with Gasteiger partial charge in [-0.25, -0.2) is 8.78 Å². The lowest BCUT2D eigenvalue weighted by Crippen LogP contribution is -2.34. The Balaban J connectivity index is 2.33. The highest BCUT2D eigenvalue weighted by Crippen LogP contribution is 2.39. The van der Waals surface area contributed by atoms with Crippen LogP contribution in [0.25, 0.3) is 0 Å². The summed E-state index contributed by atoms with van der Waals surface area (Å²) in [6.07, 6.45) is 2.48. The summed E-state index contributed by atoms with van der Waals surface area (Å²) in [5, 5.41) is 10.4. The van der Waals surface area contributed by atoms with E-state index in [1.807, 2.05) is 6.92 Å². The second kappa shape index (κ2) is 4.65. The van der Waals surface area contributed by atoms with Crippen molar-refractivity contribution in [2.75, 3.05) is 0 Å². The molecule has 1 aliphatic carbocycles. The minimum atomic E-state index is -0.970. The van der Waals surface area contributed by atoms with E-state index < -0.39 is 17.2 Å². The lowest BCUT2D eigenvalue weighted by Gasteiger charge is -2.28. The molecule has 4 heteroatoms. The van der Waals surface area contributed by atoms with Gasteiger partial charge in [-0.05, 0) is 46.8 Å². The van der Waals surface area contributed by atoms with Crippen LogP contribution in [0.5, 0.6) is 0 Å². The maximum atomic E-state index is 13.8. The summed E-state index contributed by atoms with van der Waals surface area (Å²) in [6.45, 7) is 1.93. The summed E-state index contributed by atoms with van der Waals surface area (Å²) in [5.74, 6) is -1.10. The van der Waals surface area contributed by atoms with Gasteiger partial charge in [0.15, 0.2) is 0 Å². The Morgan fingerprint density at radius 1 is 1.47 bits per heavy atom. The molecule has 0 bridgehead atoms. The van der Waals surface area contributed by atoms with Crippen molar-refractivity contribution < 1.29 is 13.9 Å². The van der Waals surface area contributed by atoms with Gasteiger partial charge < -0.3 is 5.11 Å². The third-order valence-corrected chi connectivity index (χ3v) is 4.40. The molecule has 2 atom stereocenters. The molecule has 0 radical (unpaired) electrons. The minimum absolute atomic E-state index is 0.0179. The van der Waals surface area contributed by atoms with Crippen molar-refractivity contribution in [3.8, 4) is 0 Å². The van der Waals surface area contributed by atoms with Gasteiger partial charge in [0.25, 0.3) is 0 Å². The van der Waals surface area contributed by atoms with Gasteiger partial charge in [0.05, 0.1) is 10.1 Å². The molecule has 1 aromatic rings. The summed E-state index contributed by atoms with van der Waals surface area (Å²) in [6, 6.07) is 2.57.